The van der Waals surface area contributed by atoms with Gasteiger partial charge in [0.1, 0.15) is 6.04 Å². The lowest BCUT2D eigenvalue weighted by Gasteiger charge is -2.32. The molecule has 3 atom stereocenters. The number of anilines is 2. The number of hydrogen-bond acceptors (Lipinski definition) is 5. The average Bonchev–Trinajstić information content (AvgIpc) is 2.89. The molecule has 0 saturated carbocycles. The highest BCUT2D eigenvalue weighted by Crippen LogP contribution is 2.33. The molecule has 4 N–H and O–H groups in total. The van der Waals surface area contributed by atoms with E-state index in [1.54, 1.807) is 25.1 Å². The van der Waals surface area contributed by atoms with E-state index in [-0.39, 0.29) is 29.9 Å². The number of benzene rings is 2. The van der Waals surface area contributed by atoms with Crippen molar-refractivity contribution in [2.75, 3.05) is 29.9 Å². The number of carboxylic acid groups (broad SMARTS) is 1. The van der Waals surface area contributed by atoms with Gasteiger partial charge in [0.15, 0.2) is 0 Å². The van der Waals surface area contributed by atoms with Gasteiger partial charge in [0.05, 0.1) is 12.0 Å². The monoisotopic (exact) mass is 548 g/mol. The molecule has 3 rings (SSSR count). The molecule has 1 amide bonds. The van der Waals surface area contributed by atoms with Crippen LogP contribution in [0, 0.1) is 11.8 Å². The fourth-order valence-corrected chi connectivity index (χ4v) is 4.79. The van der Waals surface area contributed by atoms with Crippen LogP contribution < -0.4 is 20.9 Å². The molecule has 1 aliphatic rings. The number of alkyl halides is 3. The van der Waals surface area contributed by atoms with Gasteiger partial charge in [-0.2, -0.15) is 13.2 Å². The molecule has 2 aromatic rings. The minimum Gasteiger partial charge on any atom is -0.481 e. The molecule has 1 aliphatic heterocycles. The Morgan fingerprint density at radius 3 is 2.15 bits per heavy atom. The molecule has 1 heterocycles. The molecule has 0 aliphatic carbocycles. The lowest BCUT2D eigenvalue weighted by atomic mass is 9.97. The highest BCUT2D eigenvalue weighted by Gasteiger charge is 2.43. The SMILES string of the molecule is CC(C)C[C@H](N[C@@H](c1ccccc1)C(F)(F)F)C(=O)N[C@@H](C)CNc1ccc(N2CCC(C(=O)O)CC2)cc1. The molecule has 0 radical (unpaired) electrons. The first kappa shape index (κ1) is 30.3. The van der Waals surface area contributed by atoms with Crippen molar-refractivity contribution in [2.45, 2.75) is 64.3 Å². The summed E-state index contributed by atoms with van der Waals surface area (Å²) in [7, 11) is 0. The Morgan fingerprint density at radius 1 is 1.00 bits per heavy atom. The third kappa shape index (κ3) is 9.16. The second-order valence-corrected chi connectivity index (χ2v) is 10.7. The van der Waals surface area contributed by atoms with E-state index in [1.165, 1.54) is 12.1 Å². The van der Waals surface area contributed by atoms with E-state index in [4.69, 9.17) is 0 Å². The number of hydrogen-bond donors (Lipinski definition) is 4. The smallest absolute Gasteiger partial charge is 0.407 e. The standard InChI is InChI=1S/C29H39F3N4O3/c1-19(2)17-25(35-26(29(30,31)32)21-7-5-4-6-8-21)27(37)34-20(3)18-33-23-9-11-24(12-10-23)36-15-13-22(14-16-36)28(38)39/h4-12,19-20,22,25-26,33,35H,13-18H2,1-3H3,(H,34,37)(H,38,39)/t20-,25-,26-/m0/s1. The van der Waals surface area contributed by atoms with Crippen molar-refractivity contribution in [3.63, 3.8) is 0 Å². The van der Waals surface area contributed by atoms with Gasteiger partial charge in [0.25, 0.3) is 0 Å². The quantitative estimate of drug-likeness (QED) is 0.291. The number of nitrogens with one attached hydrogen (secondary N) is 3. The van der Waals surface area contributed by atoms with Crippen LogP contribution in [-0.2, 0) is 9.59 Å². The normalized spacial score (nSPS) is 16.9. The fourth-order valence-electron chi connectivity index (χ4n) is 4.79. The molecular weight excluding hydrogens is 509 g/mol. The maximum absolute atomic E-state index is 13.9. The van der Waals surface area contributed by atoms with Crippen LogP contribution in [0.5, 0.6) is 0 Å². The van der Waals surface area contributed by atoms with E-state index >= 15 is 0 Å². The maximum Gasteiger partial charge on any atom is 0.407 e. The van der Waals surface area contributed by atoms with Crippen LogP contribution in [0.25, 0.3) is 0 Å². The Labute approximate surface area is 228 Å². The van der Waals surface area contributed by atoms with Gasteiger partial charge in [0.2, 0.25) is 5.91 Å². The van der Waals surface area contributed by atoms with E-state index in [9.17, 15) is 27.9 Å². The van der Waals surface area contributed by atoms with Crippen molar-refractivity contribution in [3.8, 4) is 0 Å². The summed E-state index contributed by atoms with van der Waals surface area (Å²) < 4.78 is 41.7. The molecule has 2 aromatic carbocycles. The largest absolute Gasteiger partial charge is 0.481 e. The topological polar surface area (TPSA) is 93.7 Å². The zero-order valence-corrected chi connectivity index (χ0v) is 22.7. The van der Waals surface area contributed by atoms with Crippen LogP contribution >= 0.6 is 0 Å². The highest BCUT2D eigenvalue weighted by molar-refractivity contribution is 5.82. The van der Waals surface area contributed by atoms with E-state index in [1.807, 2.05) is 38.1 Å². The fraction of sp³-hybridized carbons (Fsp3) is 0.517. The summed E-state index contributed by atoms with van der Waals surface area (Å²) in [5, 5.41) is 17.9. The van der Waals surface area contributed by atoms with Gasteiger partial charge >= 0.3 is 12.1 Å². The number of halogens is 3. The second kappa shape index (κ2) is 13.7. The molecule has 10 heteroatoms. The third-order valence-corrected chi connectivity index (χ3v) is 6.93. The molecule has 1 saturated heterocycles. The van der Waals surface area contributed by atoms with Crippen molar-refractivity contribution >= 4 is 23.3 Å². The van der Waals surface area contributed by atoms with E-state index in [0.29, 0.717) is 32.5 Å². The van der Waals surface area contributed by atoms with Crippen molar-refractivity contribution in [2.24, 2.45) is 11.8 Å². The molecule has 7 nitrogen and oxygen atoms in total. The zero-order valence-electron chi connectivity index (χ0n) is 22.7. The number of carbonyl (C=O) groups is 2. The van der Waals surface area contributed by atoms with Gasteiger partial charge in [-0.25, -0.2) is 0 Å². The first-order chi connectivity index (χ1) is 18.4. The number of amides is 1. The Morgan fingerprint density at radius 2 is 1.62 bits per heavy atom. The number of rotatable bonds is 12. The van der Waals surface area contributed by atoms with Crippen molar-refractivity contribution < 1.29 is 27.9 Å². The number of nitrogens with zero attached hydrogens (tertiary/aromatic N) is 1. The number of carboxylic acids is 1. The zero-order chi connectivity index (χ0) is 28.6. The minimum atomic E-state index is -4.55. The summed E-state index contributed by atoms with van der Waals surface area (Å²) in [5.41, 5.74) is 1.93. The van der Waals surface area contributed by atoms with Crippen LogP contribution in [0.3, 0.4) is 0 Å². The lowest BCUT2D eigenvalue weighted by molar-refractivity contribution is -0.161. The van der Waals surface area contributed by atoms with Crippen molar-refractivity contribution in [3.05, 3.63) is 60.2 Å². The number of piperidine rings is 1. The molecule has 0 bridgehead atoms. The third-order valence-electron chi connectivity index (χ3n) is 6.93. The Balaban J connectivity index is 1.55. The lowest BCUT2D eigenvalue weighted by Crippen LogP contribution is -2.52. The number of aliphatic carboxylic acids is 1. The summed E-state index contributed by atoms with van der Waals surface area (Å²) in [6, 6.07) is 12.1. The minimum absolute atomic E-state index is 0.0137. The van der Waals surface area contributed by atoms with Gasteiger partial charge in [-0.1, -0.05) is 44.2 Å². The molecule has 1 fully saturated rings. The molecular formula is C29H39F3N4O3. The molecule has 214 valence electrons. The van der Waals surface area contributed by atoms with E-state index < -0.39 is 30.1 Å². The first-order valence-corrected chi connectivity index (χ1v) is 13.4. The predicted molar refractivity (Wildman–Crippen MR) is 147 cm³/mol. The Bertz CT molecular complexity index is 1060. The average molecular weight is 549 g/mol. The highest BCUT2D eigenvalue weighted by atomic mass is 19.4. The summed E-state index contributed by atoms with van der Waals surface area (Å²) >= 11 is 0. The van der Waals surface area contributed by atoms with E-state index in [2.05, 4.69) is 20.9 Å². The van der Waals surface area contributed by atoms with Crippen molar-refractivity contribution in [1.82, 2.24) is 10.6 Å². The van der Waals surface area contributed by atoms with Gasteiger partial charge in [-0.15, -0.1) is 0 Å². The second-order valence-electron chi connectivity index (χ2n) is 10.7. The van der Waals surface area contributed by atoms with Crippen LogP contribution in [-0.4, -0.2) is 54.9 Å². The Hall–Kier alpha value is -3.27. The molecule has 0 unspecified atom stereocenters. The summed E-state index contributed by atoms with van der Waals surface area (Å²) in [6.45, 7) is 7.32. The molecule has 39 heavy (non-hydrogen) atoms. The summed E-state index contributed by atoms with van der Waals surface area (Å²) in [4.78, 5) is 26.4. The van der Waals surface area contributed by atoms with Crippen LogP contribution in [0.15, 0.2) is 54.6 Å². The summed E-state index contributed by atoms with van der Waals surface area (Å²) in [5.74, 6) is -1.48. The van der Waals surface area contributed by atoms with Crippen LogP contribution in [0.2, 0.25) is 0 Å². The predicted octanol–water partition coefficient (Wildman–Crippen LogP) is 5.21. The van der Waals surface area contributed by atoms with Gasteiger partial charge in [-0.05, 0) is 61.9 Å². The van der Waals surface area contributed by atoms with Gasteiger partial charge in [0, 0.05) is 37.1 Å². The van der Waals surface area contributed by atoms with Gasteiger partial charge < -0.3 is 20.6 Å². The van der Waals surface area contributed by atoms with Gasteiger partial charge in [-0.3, -0.25) is 14.9 Å². The molecule has 0 aromatic heterocycles. The van der Waals surface area contributed by atoms with Crippen LogP contribution in [0.4, 0.5) is 24.5 Å². The maximum atomic E-state index is 13.9. The van der Waals surface area contributed by atoms with Crippen LogP contribution in [0.1, 0.15) is 51.6 Å². The summed E-state index contributed by atoms with van der Waals surface area (Å²) in [6.07, 6.45) is -3.05. The first-order valence-electron chi connectivity index (χ1n) is 13.4. The van der Waals surface area contributed by atoms with E-state index in [0.717, 1.165) is 11.4 Å². The van der Waals surface area contributed by atoms with Crippen molar-refractivity contribution in [1.29, 1.82) is 0 Å². The molecule has 0 spiro atoms. The Kier molecular flexibility index (Phi) is 10.6. The number of carbonyl (C=O) groups excluding carboxylic acids is 1.